The maximum absolute atomic E-state index is 13.6. The summed E-state index contributed by atoms with van der Waals surface area (Å²) in [4.78, 5) is 17.5. The van der Waals surface area contributed by atoms with Crippen molar-refractivity contribution in [2.24, 2.45) is 0 Å². The summed E-state index contributed by atoms with van der Waals surface area (Å²) in [5, 5.41) is 0.814. The Morgan fingerprint density at radius 2 is 1.77 bits per heavy atom. The van der Waals surface area contributed by atoms with E-state index in [-0.39, 0.29) is 10.9 Å². The number of rotatable bonds is 10. The number of fused-ring (bicyclic) bond motifs is 1. The van der Waals surface area contributed by atoms with Crippen LogP contribution >= 0.6 is 15.9 Å². The van der Waals surface area contributed by atoms with Crippen LogP contribution in [-0.4, -0.2) is 43.0 Å². The van der Waals surface area contributed by atoms with Crippen LogP contribution in [0.2, 0.25) is 0 Å². The van der Waals surface area contributed by atoms with Gasteiger partial charge in [0.15, 0.2) is 0 Å². The maximum atomic E-state index is 13.6. The molecule has 0 saturated carbocycles. The molecule has 1 aromatic heterocycles. The van der Waals surface area contributed by atoms with E-state index in [0.717, 1.165) is 58.1 Å². The Morgan fingerprint density at radius 3 is 2.55 bits per heavy atom. The van der Waals surface area contributed by atoms with Gasteiger partial charge in [-0.1, -0.05) is 49.6 Å². The lowest BCUT2D eigenvalue weighted by Gasteiger charge is -2.36. The first-order valence-electron chi connectivity index (χ1n) is 13.7. The molecule has 0 N–H and O–H groups in total. The lowest BCUT2D eigenvalue weighted by atomic mass is 10.1. The largest absolute Gasteiger partial charge is 0.492 e. The molecule has 1 aliphatic heterocycles. The van der Waals surface area contributed by atoms with Crippen LogP contribution in [0.1, 0.15) is 43.7 Å². The van der Waals surface area contributed by atoms with E-state index in [1.54, 1.807) is 41.4 Å². The van der Waals surface area contributed by atoms with E-state index in [4.69, 9.17) is 4.74 Å². The standard InChI is InChI=1S/C31H34BrN3O4S/c1-3-4-5-20-39-30-21-25(12-15-28(30)32)34-18-7-17-33(31(34)36)22-24-8-6-9-29-27(24)16-19-35(29)40(37,38)26-13-10-23(2)11-14-26/h6,8-16,19,21H,3-5,7,17-18,20,22H2,1-2H3. The van der Waals surface area contributed by atoms with Crippen molar-refractivity contribution in [3.63, 3.8) is 0 Å². The quantitative estimate of drug-likeness (QED) is 0.173. The molecule has 0 aliphatic carbocycles. The number of carbonyl (C=O) groups excluding carboxylic acids is 1. The molecule has 7 nitrogen and oxygen atoms in total. The van der Waals surface area contributed by atoms with Gasteiger partial charge in [-0.05, 0) is 77.7 Å². The van der Waals surface area contributed by atoms with E-state index in [1.807, 2.05) is 48.2 Å². The molecule has 1 saturated heterocycles. The maximum Gasteiger partial charge on any atom is 0.324 e. The van der Waals surface area contributed by atoms with Crippen molar-refractivity contribution in [2.75, 3.05) is 24.6 Å². The van der Waals surface area contributed by atoms with Gasteiger partial charge in [-0.2, -0.15) is 0 Å². The van der Waals surface area contributed by atoms with Gasteiger partial charge in [0, 0.05) is 43.0 Å². The van der Waals surface area contributed by atoms with E-state index >= 15 is 0 Å². The van der Waals surface area contributed by atoms with Gasteiger partial charge < -0.3 is 9.64 Å². The predicted molar refractivity (Wildman–Crippen MR) is 163 cm³/mol. The first-order chi connectivity index (χ1) is 19.3. The molecule has 3 aromatic carbocycles. The van der Waals surface area contributed by atoms with Crippen LogP contribution in [0.5, 0.6) is 5.75 Å². The summed E-state index contributed by atoms with van der Waals surface area (Å²) in [7, 11) is -3.75. The molecule has 2 heterocycles. The summed E-state index contributed by atoms with van der Waals surface area (Å²) in [6.07, 6.45) is 5.66. The van der Waals surface area contributed by atoms with E-state index < -0.39 is 10.0 Å². The number of carbonyl (C=O) groups is 1. The zero-order valence-corrected chi connectivity index (χ0v) is 25.2. The van der Waals surface area contributed by atoms with Crippen molar-refractivity contribution in [3.05, 3.63) is 88.5 Å². The van der Waals surface area contributed by atoms with Gasteiger partial charge in [-0.25, -0.2) is 17.2 Å². The van der Waals surface area contributed by atoms with Crippen LogP contribution < -0.4 is 9.64 Å². The van der Waals surface area contributed by atoms with E-state index in [9.17, 15) is 13.2 Å². The van der Waals surface area contributed by atoms with Gasteiger partial charge in [0.05, 0.1) is 21.5 Å². The second kappa shape index (κ2) is 12.1. The monoisotopic (exact) mass is 623 g/mol. The number of hydrogen-bond acceptors (Lipinski definition) is 4. The van der Waals surface area contributed by atoms with Gasteiger partial charge in [-0.3, -0.25) is 4.90 Å². The highest BCUT2D eigenvalue weighted by Crippen LogP contribution is 2.33. The molecule has 0 atom stereocenters. The number of anilines is 1. The molecule has 2 amide bonds. The summed E-state index contributed by atoms with van der Waals surface area (Å²) in [6.45, 7) is 6.37. The summed E-state index contributed by atoms with van der Waals surface area (Å²) in [6, 6.07) is 20.0. The normalized spacial score (nSPS) is 14.2. The average Bonchev–Trinajstić information content (AvgIpc) is 3.40. The lowest BCUT2D eigenvalue weighted by Crippen LogP contribution is -2.49. The smallest absolute Gasteiger partial charge is 0.324 e. The topological polar surface area (TPSA) is 71.8 Å². The summed E-state index contributed by atoms with van der Waals surface area (Å²) in [5.41, 5.74) is 3.30. The highest BCUT2D eigenvalue weighted by Gasteiger charge is 2.28. The SMILES string of the molecule is CCCCCOc1cc(N2CCCN(Cc3cccc4c3ccn4S(=O)(=O)c3ccc(C)cc3)C2=O)ccc1Br. The third-order valence-electron chi connectivity index (χ3n) is 7.27. The Hall–Kier alpha value is -3.30. The number of hydrogen-bond donors (Lipinski definition) is 0. The lowest BCUT2D eigenvalue weighted by molar-refractivity contribution is 0.192. The van der Waals surface area contributed by atoms with E-state index in [1.165, 1.54) is 3.97 Å². The van der Waals surface area contributed by atoms with Crippen molar-refractivity contribution < 1.29 is 17.9 Å². The predicted octanol–water partition coefficient (Wildman–Crippen LogP) is 7.35. The Bertz CT molecular complexity index is 1620. The fourth-order valence-corrected chi connectivity index (χ4v) is 6.76. The van der Waals surface area contributed by atoms with Gasteiger partial charge in [0.1, 0.15) is 5.75 Å². The Morgan fingerprint density at radius 1 is 0.975 bits per heavy atom. The second-order valence-electron chi connectivity index (χ2n) is 10.2. The molecular weight excluding hydrogens is 590 g/mol. The van der Waals surface area contributed by atoms with Crippen molar-refractivity contribution in [2.45, 2.75) is 51.0 Å². The fraction of sp³-hybridized carbons (Fsp3) is 0.323. The molecule has 5 rings (SSSR count). The van der Waals surface area contributed by atoms with Crippen molar-refractivity contribution in [3.8, 4) is 5.75 Å². The fourth-order valence-electron chi connectivity index (χ4n) is 5.06. The molecule has 40 heavy (non-hydrogen) atoms. The highest BCUT2D eigenvalue weighted by molar-refractivity contribution is 9.10. The van der Waals surface area contributed by atoms with Crippen molar-refractivity contribution in [1.29, 1.82) is 0 Å². The number of aryl methyl sites for hydroxylation is 1. The van der Waals surface area contributed by atoms with Crippen LogP contribution in [0.25, 0.3) is 10.9 Å². The number of benzene rings is 3. The molecule has 9 heteroatoms. The van der Waals surface area contributed by atoms with E-state index in [2.05, 4.69) is 22.9 Å². The number of nitrogens with zero attached hydrogens (tertiary/aromatic N) is 3. The van der Waals surface area contributed by atoms with Crippen LogP contribution in [0, 0.1) is 6.92 Å². The number of amides is 2. The minimum absolute atomic E-state index is 0.0748. The Kier molecular flexibility index (Phi) is 8.51. The number of ether oxygens (including phenoxy) is 1. The van der Waals surface area contributed by atoms with Gasteiger partial charge >= 0.3 is 6.03 Å². The van der Waals surface area contributed by atoms with E-state index in [0.29, 0.717) is 31.8 Å². The summed E-state index contributed by atoms with van der Waals surface area (Å²) < 4.78 is 35.0. The Balaban J connectivity index is 1.37. The molecule has 1 fully saturated rings. The average molecular weight is 625 g/mol. The molecule has 0 bridgehead atoms. The van der Waals surface area contributed by atoms with Gasteiger partial charge in [0.2, 0.25) is 0 Å². The number of aromatic nitrogens is 1. The van der Waals surface area contributed by atoms with Crippen LogP contribution in [0.15, 0.2) is 82.3 Å². The summed E-state index contributed by atoms with van der Waals surface area (Å²) >= 11 is 3.57. The zero-order chi connectivity index (χ0) is 28.3. The van der Waals surface area contributed by atoms with Crippen molar-refractivity contribution >= 4 is 48.6 Å². The first-order valence-corrected chi connectivity index (χ1v) is 15.9. The number of urea groups is 1. The summed E-state index contributed by atoms with van der Waals surface area (Å²) in [5.74, 6) is 0.736. The molecule has 0 spiro atoms. The minimum Gasteiger partial charge on any atom is -0.492 e. The molecule has 0 radical (unpaired) electrons. The second-order valence-corrected chi connectivity index (χ2v) is 12.8. The van der Waals surface area contributed by atoms with Gasteiger partial charge in [-0.15, -0.1) is 0 Å². The van der Waals surface area contributed by atoms with Crippen molar-refractivity contribution in [1.82, 2.24) is 8.87 Å². The Labute approximate surface area is 244 Å². The van der Waals surface area contributed by atoms with Gasteiger partial charge in [0.25, 0.3) is 10.0 Å². The van der Waals surface area contributed by atoms with Crippen LogP contribution in [0.4, 0.5) is 10.5 Å². The molecule has 210 valence electrons. The number of unbranched alkanes of at least 4 members (excludes halogenated alkanes) is 2. The molecule has 0 unspecified atom stereocenters. The third-order valence-corrected chi connectivity index (χ3v) is 9.63. The molecule has 1 aliphatic rings. The number of halogens is 1. The molecular formula is C31H34BrN3O4S. The minimum atomic E-state index is -3.75. The van der Waals surface area contributed by atoms with Crippen LogP contribution in [0.3, 0.4) is 0 Å². The van der Waals surface area contributed by atoms with Crippen LogP contribution in [-0.2, 0) is 16.6 Å². The first kappa shape index (κ1) is 28.2. The molecule has 4 aromatic rings. The highest BCUT2D eigenvalue weighted by atomic mass is 79.9. The third kappa shape index (κ3) is 5.76. The zero-order valence-electron chi connectivity index (χ0n) is 22.8.